The van der Waals surface area contributed by atoms with Crippen LogP contribution >= 0.6 is 0 Å². The molecule has 6 heteroatoms. The van der Waals surface area contributed by atoms with Crippen molar-refractivity contribution in [2.24, 2.45) is 5.41 Å². The maximum Gasteiger partial charge on any atom is 0.216 e. The summed E-state index contributed by atoms with van der Waals surface area (Å²) in [6, 6.07) is 28.0. The van der Waals surface area contributed by atoms with Crippen LogP contribution in [0.3, 0.4) is 0 Å². The second-order valence-electron chi connectivity index (χ2n) is 17.3. The number of pyridine rings is 3. The molecule has 269 valence electrons. The predicted molar refractivity (Wildman–Crippen MR) is 213 cm³/mol. The molecule has 1 fully saturated rings. The topological polar surface area (TPSA) is 51.8 Å². The summed E-state index contributed by atoms with van der Waals surface area (Å²) in [5.74, 6) is 0.739. The smallest absolute Gasteiger partial charge is 0.216 e. The molecule has 1 radical (unpaired) electrons. The molecule has 51 heavy (non-hydrogen) atoms. The van der Waals surface area contributed by atoms with Crippen molar-refractivity contribution in [2.45, 2.75) is 111 Å². The first-order chi connectivity index (χ1) is 23.7. The molecule has 4 nitrogen and oxygen atoms in total. The molecular weight excluding hydrogens is 819 g/mol. The molecule has 1 aliphatic carbocycles. The minimum atomic E-state index is -1.41. The van der Waals surface area contributed by atoms with Crippen LogP contribution in [0.15, 0.2) is 83.7 Å². The van der Waals surface area contributed by atoms with E-state index >= 15 is 0 Å². The molecule has 0 N–H and O–H groups in total. The van der Waals surface area contributed by atoms with E-state index in [4.69, 9.17) is 9.40 Å². The Kier molecular flexibility index (Phi) is 11.9. The SMILES string of the molecule is CC(C)(C)Cc1cc(-c2[c-]cc(C3CCCCC3)cc2)ncc1[Si](C)(C)C.CC(C)(C)c1ccnc(-c2[c-]ccc3c2oc2ncccc23)c1.[Ir]. The Bertz CT molecular complexity index is 2070. The van der Waals surface area contributed by atoms with Crippen LogP contribution in [0.2, 0.25) is 19.6 Å². The van der Waals surface area contributed by atoms with Gasteiger partial charge in [-0.15, -0.1) is 53.6 Å². The van der Waals surface area contributed by atoms with E-state index in [0.717, 1.165) is 51.2 Å². The van der Waals surface area contributed by atoms with E-state index < -0.39 is 8.07 Å². The van der Waals surface area contributed by atoms with Crippen molar-refractivity contribution in [1.82, 2.24) is 15.0 Å². The Morgan fingerprint density at radius 2 is 1.57 bits per heavy atom. The number of hydrogen-bond acceptors (Lipinski definition) is 4. The van der Waals surface area contributed by atoms with Gasteiger partial charge in [0.05, 0.1) is 13.7 Å². The van der Waals surface area contributed by atoms with Crippen molar-refractivity contribution in [2.75, 3.05) is 0 Å². The molecule has 6 aromatic rings. The molecule has 0 bridgehead atoms. The van der Waals surface area contributed by atoms with Crippen molar-refractivity contribution in [3.8, 4) is 22.5 Å². The largest absolute Gasteiger partial charge is 0.486 e. The zero-order chi connectivity index (χ0) is 35.7. The Hall–Kier alpha value is -3.44. The van der Waals surface area contributed by atoms with Crippen molar-refractivity contribution in [3.05, 3.63) is 108 Å². The summed E-state index contributed by atoms with van der Waals surface area (Å²) in [6.45, 7) is 20.8. The van der Waals surface area contributed by atoms with Gasteiger partial charge >= 0.3 is 0 Å². The fourth-order valence-corrected chi connectivity index (χ4v) is 8.70. The molecule has 0 saturated heterocycles. The molecule has 1 aliphatic rings. The zero-order valence-electron chi connectivity index (χ0n) is 31.9. The molecule has 0 aliphatic heterocycles. The monoisotopic (exact) mass is 872 g/mol. The normalized spacial score (nSPS) is 14.2. The van der Waals surface area contributed by atoms with Crippen molar-refractivity contribution in [3.63, 3.8) is 0 Å². The van der Waals surface area contributed by atoms with E-state index in [0.29, 0.717) is 5.71 Å². The Morgan fingerprint density at radius 3 is 2.24 bits per heavy atom. The van der Waals surface area contributed by atoms with Gasteiger partial charge in [0.15, 0.2) is 0 Å². The molecule has 4 heterocycles. The Balaban J connectivity index is 0.000000196. The van der Waals surface area contributed by atoms with Gasteiger partial charge in [-0.2, -0.15) is 0 Å². The Labute approximate surface area is 320 Å². The summed E-state index contributed by atoms with van der Waals surface area (Å²) in [7, 11) is -1.41. The van der Waals surface area contributed by atoms with Crippen molar-refractivity contribution in [1.29, 1.82) is 0 Å². The van der Waals surface area contributed by atoms with Crippen LogP contribution in [0.4, 0.5) is 0 Å². The zero-order valence-corrected chi connectivity index (χ0v) is 35.3. The Morgan fingerprint density at radius 1 is 0.804 bits per heavy atom. The molecule has 0 unspecified atom stereocenters. The first-order valence-electron chi connectivity index (χ1n) is 18.3. The molecule has 0 spiro atoms. The van der Waals surface area contributed by atoms with E-state index in [1.54, 1.807) is 6.20 Å². The molecule has 1 saturated carbocycles. The number of rotatable bonds is 5. The van der Waals surface area contributed by atoms with Crippen LogP contribution in [0, 0.1) is 17.5 Å². The number of aromatic nitrogens is 3. The summed E-state index contributed by atoms with van der Waals surface area (Å²) in [4.78, 5) is 13.7. The summed E-state index contributed by atoms with van der Waals surface area (Å²) in [5.41, 5.74) is 9.94. The summed E-state index contributed by atoms with van der Waals surface area (Å²) >= 11 is 0. The van der Waals surface area contributed by atoms with E-state index in [9.17, 15) is 0 Å². The molecule has 0 amide bonds. The summed E-state index contributed by atoms with van der Waals surface area (Å²) in [5, 5.41) is 3.56. The van der Waals surface area contributed by atoms with Gasteiger partial charge in [0.2, 0.25) is 5.71 Å². The molecule has 4 aromatic heterocycles. The molecule has 7 rings (SSSR count). The maximum atomic E-state index is 5.98. The fourth-order valence-electron chi connectivity index (χ4n) is 7.12. The number of hydrogen-bond donors (Lipinski definition) is 0. The van der Waals surface area contributed by atoms with Gasteiger partial charge < -0.3 is 14.4 Å². The van der Waals surface area contributed by atoms with Gasteiger partial charge in [0, 0.05) is 44.1 Å². The molecule has 0 atom stereocenters. The fraction of sp³-hybridized carbons (Fsp3) is 0.400. The first kappa shape index (κ1) is 38.8. The minimum absolute atomic E-state index is 0. The quantitative estimate of drug-likeness (QED) is 0.128. The average Bonchev–Trinajstić information content (AvgIpc) is 3.47. The van der Waals surface area contributed by atoms with Crippen LogP contribution in [0.25, 0.3) is 44.6 Å². The van der Waals surface area contributed by atoms with Gasteiger partial charge in [-0.05, 0) is 57.6 Å². The second kappa shape index (κ2) is 15.7. The summed E-state index contributed by atoms with van der Waals surface area (Å²) in [6.07, 6.45) is 13.7. The third-order valence-corrected chi connectivity index (χ3v) is 11.9. The average molecular weight is 872 g/mol. The number of fused-ring (bicyclic) bond motifs is 3. The van der Waals surface area contributed by atoms with E-state index in [1.165, 1.54) is 54.0 Å². The minimum Gasteiger partial charge on any atom is -0.486 e. The van der Waals surface area contributed by atoms with E-state index in [1.807, 2.05) is 30.5 Å². The number of furan rings is 1. The van der Waals surface area contributed by atoms with Crippen LogP contribution < -0.4 is 5.19 Å². The van der Waals surface area contributed by atoms with Crippen LogP contribution in [0.5, 0.6) is 0 Å². The summed E-state index contributed by atoms with van der Waals surface area (Å²) < 4.78 is 5.98. The van der Waals surface area contributed by atoms with E-state index in [-0.39, 0.29) is 30.9 Å². The van der Waals surface area contributed by atoms with Crippen LogP contribution in [0.1, 0.15) is 96.3 Å². The number of nitrogens with zero attached hydrogens (tertiary/aromatic N) is 3. The van der Waals surface area contributed by atoms with Gasteiger partial charge in [-0.3, -0.25) is 0 Å². The first-order valence-corrected chi connectivity index (χ1v) is 21.8. The van der Waals surface area contributed by atoms with Crippen LogP contribution in [-0.4, -0.2) is 23.0 Å². The third kappa shape index (κ3) is 9.33. The number of benzene rings is 2. The third-order valence-electron chi connectivity index (χ3n) is 9.80. The molecule has 2 aromatic carbocycles. The standard InChI is InChI=1S/C25H36NSi.C20H17N2O.Ir/c1-25(2,3)17-22-16-23(26-18-24(22)27(4,5)6)21-14-12-20(13-15-21)19-10-8-7-9-11-19;1-20(2,3)13-9-11-21-17(12-13)16-7-4-6-14-15-8-5-10-22-19(15)23-18(14)16;/h12-14,16,18-19H,7-11,17H2,1-6H3;4-6,8-12H,1-3H3;/q2*-1;. The van der Waals surface area contributed by atoms with Crippen LogP contribution in [-0.2, 0) is 31.9 Å². The van der Waals surface area contributed by atoms with Gasteiger partial charge in [-0.1, -0.05) is 128 Å². The predicted octanol–water partition coefficient (Wildman–Crippen LogP) is 11.9. The second-order valence-corrected chi connectivity index (χ2v) is 22.4. The van der Waals surface area contributed by atoms with Gasteiger partial charge in [0.1, 0.15) is 0 Å². The molecular formula is C45H53IrN3OSi-2. The maximum absolute atomic E-state index is 5.98. The van der Waals surface area contributed by atoms with Crippen molar-refractivity contribution < 1.29 is 24.5 Å². The van der Waals surface area contributed by atoms with E-state index in [2.05, 4.69) is 126 Å². The van der Waals surface area contributed by atoms with Gasteiger partial charge in [0.25, 0.3) is 0 Å². The van der Waals surface area contributed by atoms with Gasteiger partial charge in [-0.25, -0.2) is 4.98 Å². The van der Waals surface area contributed by atoms with Crippen molar-refractivity contribution >= 4 is 35.3 Å².